The van der Waals surface area contributed by atoms with Crippen LogP contribution in [0.5, 0.6) is 5.75 Å². The fourth-order valence-electron chi connectivity index (χ4n) is 2.83. The van der Waals surface area contributed by atoms with Gasteiger partial charge in [-0.15, -0.1) is 0 Å². The standard InChI is InChI=1S/C20H36O6Si3.H2/c1-10-23-20(22)19(21)17-11-13-18(14-12-17)24-15-16(2)29(9,25-27(3,4)5)26-28(6,7)8;/h11-14,16H,10,15H2,1-9H3;1H. The van der Waals surface area contributed by atoms with Gasteiger partial charge < -0.3 is 17.7 Å². The second-order valence-corrected chi connectivity index (χ2v) is 22.3. The summed E-state index contributed by atoms with van der Waals surface area (Å²) in [6, 6.07) is 6.54. The number of carbonyl (C=O) groups excluding carboxylic acids is 2. The molecule has 0 heterocycles. The lowest BCUT2D eigenvalue weighted by Crippen LogP contribution is -2.55. The summed E-state index contributed by atoms with van der Waals surface area (Å²) >= 11 is 0. The molecule has 166 valence electrons. The third-order valence-corrected chi connectivity index (χ3v) is 14.1. The quantitative estimate of drug-likeness (QED) is 0.196. The van der Waals surface area contributed by atoms with Gasteiger partial charge in [-0.2, -0.15) is 0 Å². The van der Waals surface area contributed by atoms with Gasteiger partial charge in [0.15, 0.2) is 16.6 Å². The van der Waals surface area contributed by atoms with Crippen molar-refractivity contribution < 1.29 is 28.7 Å². The van der Waals surface area contributed by atoms with Gasteiger partial charge in [0, 0.05) is 12.5 Å². The van der Waals surface area contributed by atoms with Gasteiger partial charge in [0.2, 0.25) is 0 Å². The van der Waals surface area contributed by atoms with E-state index < -0.39 is 36.9 Å². The molecule has 0 saturated carbocycles. The number of Topliss-reactive ketones (excluding diaryl/α,β-unsaturated/α-hetero) is 1. The minimum absolute atomic E-state index is 0. The molecule has 9 heteroatoms. The zero-order chi connectivity index (χ0) is 22.5. The van der Waals surface area contributed by atoms with E-state index in [1.165, 1.54) is 0 Å². The molecule has 0 radical (unpaired) electrons. The summed E-state index contributed by atoms with van der Waals surface area (Å²) in [6.45, 7) is 19.6. The van der Waals surface area contributed by atoms with Gasteiger partial charge in [-0.3, -0.25) is 4.79 Å². The molecule has 1 atom stereocenters. The van der Waals surface area contributed by atoms with Crippen molar-refractivity contribution in [1.29, 1.82) is 0 Å². The Balaban J connectivity index is 0.00000841. The van der Waals surface area contributed by atoms with Crippen molar-refractivity contribution in [3.63, 3.8) is 0 Å². The SMILES string of the molecule is CCOC(=O)C(=O)c1ccc(OCC(C)[Si](C)(O[Si](C)(C)C)O[Si](C)(C)C)cc1.[HH]. The fourth-order valence-corrected chi connectivity index (χ4v) is 15.1. The summed E-state index contributed by atoms with van der Waals surface area (Å²) in [5, 5.41) is 0. The highest BCUT2D eigenvalue weighted by atomic mass is 28.5. The maximum absolute atomic E-state index is 12.0. The summed E-state index contributed by atoms with van der Waals surface area (Å²) in [7, 11) is -6.01. The van der Waals surface area contributed by atoms with Crippen molar-refractivity contribution in [3.8, 4) is 5.75 Å². The number of hydrogen-bond donors (Lipinski definition) is 0. The van der Waals surface area contributed by atoms with Crippen LogP contribution >= 0.6 is 0 Å². The summed E-state index contributed by atoms with van der Waals surface area (Å²) in [5.74, 6) is -0.864. The molecule has 0 spiro atoms. The Bertz CT molecular complexity index is 682. The van der Waals surface area contributed by atoms with Gasteiger partial charge in [0.05, 0.1) is 13.2 Å². The predicted molar refractivity (Wildman–Crippen MR) is 125 cm³/mol. The van der Waals surface area contributed by atoms with Gasteiger partial charge in [-0.05, 0) is 77.0 Å². The molecule has 0 aliphatic heterocycles. The number of carbonyl (C=O) groups is 2. The van der Waals surface area contributed by atoms with Gasteiger partial charge >= 0.3 is 14.5 Å². The molecule has 0 amide bonds. The van der Waals surface area contributed by atoms with Crippen LogP contribution in [0.25, 0.3) is 0 Å². The first-order chi connectivity index (χ1) is 13.2. The highest BCUT2D eigenvalue weighted by Gasteiger charge is 2.45. The van der Waals surface area contributed by atoms with E-state index in [1.54, 1.807) is 31.2 Å². The smallest absolute Gasteiger partial charge is 0.379 e. The van der Waals surface area contributed by atoms with E-state index in [1.807, 2.05) is 0 Å². The minimum atomic E-state index is -2.45. The Kier molecular flexibility index (Phi) is 9.03. The summed E-state index contributed by atoms with van der Waals surface area (Å²) in [5.41, 5.74) is 0.411. The van der Waals surface area contributed by atoms with Crippen molar-refractivity contribution in [3.05, 3.63) is 29.8 Å². The number of benzene rings is 1. The molecule has 1 aromatic carbocycles. The average molecular weight is 459 g/mol. The molecule has 0 aliphatic rings. The lowest BCUT2D eigenvalue weighted by atomic mass is 10.1. The van der Waals surface area contributed by atoms with Gasteiger partial charge in [-0.1, -0.05) is 6.92 Å². The molecule has 29 heavy (non-hydrogen) atoms. The first-order valence-electron chi connectivity index (χ1n) is 10.0. The topological polar surface area (TPSA) is 71.1 Å². The first-order valence-corrected chi connectivity index (χ1v) is 19.2. The first kappa shape index (κ1) is 25.8. The minimum Gasteiger partial charge on any atom is -0.493 e. The third kappa shape index (κ3) is 8.95. The number of ether oxygens (including phenoxy) is 2. The van der Waals surface area contributed by atoms with Crippen LogP contribution in [0, 0.1) is 0 Å². The second kappa shape index (κ2) is 10.2. The number of rotatable bonds is 11. The predicted octanol–water partition coefficient (Wildman–Crippen LogP) is 5.22. The molecule has 0 fully saturated rings. The lowest BCUT2D eigenvalue weighted by Gasteiger charge is -2.41. The van der Waals surface area contributed by atoms with Crippen LogP contribution in [0.2, 0.25) is 51.4 Å². The third-order valence-electron chi connectivity index (χ3n) is 3.99. The van der Waals surface area contributed by atoms with E-state index in [0.29, 0.717) is 12.4 Å². The molecular formula is C20H38O6Si3. The van der Waals surface area contributed by atoms with Gasteiger partial charge in [0.25, 0.3) is 5.78 Å². The van der Waals surface area contributed by atoms with Crippen molar-refractivity contribution in [1.82, 2.24) is 0 Å². The van der Waals surface area contributed by atoms with Crippen LogP contribution in [0.3, 0.4) is 0 Å². The Hall–Kier alpha value is -1.27. The molecule has 1 aromatic rings. The van der Waals surface area contributed by atoms with Crippen LogP contribution in [-0.4, -0.2) is 50.2 Å². The normalized spacial score (nSPS) is 13.7. The Morgan fingerprint density at radius 2 is 1.41 bits per heavy atom. The molecule has 0 aromatic heterocycles. The van der Waals surface area contributed by atoms with Crippen LogP contribution in [-0.2, 0) is 17.8 Å². The fraction of sp³-hybridized carbons (Fsp3) is 0.600. The summed E-state index contributed by atoms with van der Waals surface area (Å²) in [6.07, 6.45) is 0. The Morgan fingerprint density at radius 3 is 1.83 bits per heavy atom. The van der Waals surface area contributed by atoms with E-state index in [-0.39, 0.29) is 19.1 Å². The maximum Gasteiger partial charge on any atom is 0.379 e. The van der Waals surface area contributed by atoms with Crippen molar-refractivity contribution >= 4 is 36.9 Å². The monoisotopic (exact) mass is 458 g/mol. The molecule has 1 unspecified atom stereocenters. The van der Waals surface area contributed by atoms with Crippen molar-refractivity contribution in [2.45, 2.75) is 65.2 Å². The zero-order valence-electron chi connectivity index (χ0n) is 19.3. The molecule has 0 bridgehead atoms. The lowest BCUT2D eigenvalue weighted by molar-refractivity contribution is -0.137. The number of esters is 1. The van der Waals surface area contributed by atoms with Gasteiger partial charge in [-0.25, -0.2) is 4.79 Å². The maximum atomic E-state index is 12.0. The van der Waals surface area contributed by atoms with E-state index in [9.17, 15) is 9.59 Å². The second-order valence-electron chi connectivity index (χ2n) is 9.23. The van der Waals surface area contributed by atoms with E-state index >= 15 is 0 Å². The van der Waals surface area contributed by atoms with Crippen molar-refractivity contribution in [2.24, 2.45) is 0 Å². The molecule has 0 aliphatic carbocycles. The molecular weight excluding hydrogens is 420 g/mol. The van der Waals surface area contributed by atoms with E-state index in [2.05, 4.69) is 52.8 Å². The van der Waals surface area contributed by atoms with Crippen molar-refractivity contribution in [2.75, 3.05) is 13.2 Å². The van der Waals surface area contributed by atoms with Crippen LogP contribution in [0.15, 0.2) is 24.3 Å². The Labute approximate surface area is 179 Å². The molecule has 0 saturated heterocycles. The zero-order valence-corrected chi connectivity index (χ0v) is 22.3. The highest BCUT2D eigenvalue weighted by Crippen LogP contribution is 2.31. The largest absolute Gasteiger partial charge is 0.493 e. The van der Waals surface area contributed by atoms with Gasteiger partial charge in [0.1, 0.15) is 5.75 Å². The van der Waals surface area contributed by atoms with Crippen LogP contribution < -0.4 is 4.74 Å². The number of ketones is 1. The molecule has 1 rings (SSSR count). The van der Waals surface area contributed by atoms with Crippen LogP contribution in [0.4, 0.5) is 0 Å². The van der Waals surface area contributed by atoms with E-state index in [0.717, 1.165) is 0 Å². The average Bonchev–Trinajstić information content (AvgIpc) is 2.56. The summed E-state index contributed by atoms with van der Waals surface area (Å²) in [4.78, 5) is 23.5. The summed E-state index contributed by atoms with van der Waals surface area (Å²) < 4.78 is 23.8. The highest BCUT2D eigenvalue weighted by molar-refractivity contribution is 6.88. The Morgan fingerprint density at radius 1 is 0.931 bits per heavy atom. The molecule has 0 N–H and O–H groups in total. The van der Waals surface area contributed by atoms with Crippen LogP contribution in [0.1, 0.15) is 25.6 Å². The molecule has 6 nitrogen and oxygen atoms in total. The van der Waals surface area contributed by atoms with E-state index in [4.69, 9.17) is 17.7 Å². The number of hydrogen-bond acceptors (Lipinski definition) is 6.